The molecule has 168 valence electrons. The van der Waals surface area contributed by atoms with E-state index < -0.39 is 6.17 Å². The zero-order chi connectivity index (χ0) is 22.4. The number of fused-ring (bicyclic) bond motifs is 3. The van der Waals surface area contributed by atoms with E-state index in [1.165, 1.54) is 24.6 Å². The Morgan fingerprint density at radius 2 is 2.16 bits per heavy atom. The average molecular weight is 439 g/mol. The van der Waals surface area contributed by atoms with Crippen LogP contribution in [-0.4, -0.2) is 51.6 Å². The second-order valence-corrected chi connectivity index (χ2v) is 8.71. The fourth-order valence-corrected chi connectivity index (χ4v) is 4.90. The average Bonchev–Trinajstić information content (AvgIpc) is 2.82. The van der Waals surface area contributed by atoms with E-state index in [0.717, 1.165) is 19.3 Å². The lowest BCUT2D eigenvalue weighted by molar-refractivity contribution is 0.107. The number of hydrogen-bond acceptors (Lipinski definition) is 8. The van der Waals surface area contributed by atoms with Gasteiger partial charge in [-0.3, -0.25) is 4.79 Å². The number of anilines is 1. The minimum absolute atomic E-state index is 0.118. The van der Waals surface area contributed by atoms with Crippen molar-refractivity contribution >= 4 is 16.8 Å². The van der Waals surface area contributed by atoms with E-state index in [4.69, 9.17) is 4.42 Å². The van der Waals surface area contributed by atoms with Crippen molar-refractivity contribution in [3.8, 4) is 17.1 Å². The number of phenols is 1. The lowest BCUT2D eigenvalue weighted by Gasteiger charge is -2.45. The lowest BCUT2D eigenvalue weighted by Crippen LogP contribution is -2.61. The van der Waals surface area contributed by atoms with Gasteiger partial charge in [-0.25, -0.2) is 9.37 Å². The number of alkyl halides is 1. The van der Waals surface area contributed by atoms with Gasteiger partial charge in [-0.05, 0) is 37.8 Å². The summed E-state index contributed by atoms with van der Waals surface area (Å²) in [4.78, 5) is 18.6. The van der Waals surface area contributed by atoms with Crippen molar-refractivity contribution in [1.29, 1.82) is 0 Å². The Bertz CT molecular complexity index is 1200. The number of aromatic hydroxyl groups is 1. The number of nitrogens with one attached hydrogen (secondary N) is 1. The molecule has 2 fully saturated rings. The van der Waals surface area contributed by atoms with E-state index in [1.807, 2.05) is 18.9 Å². The van der Waals surface area contributed by atoms with Gasteiger partial charge in [0, 0.05) is 24.7 Å². The minimum Gasteiger partial charge on any atom is -0.507 e. The van der Waals surface area contributed by atoms with Crippen molar-refractivity contribution < 1.29 is 13.9 Å². The first kappa shape index (κ1) is 20.8. The van der Waals surface area contributed by atoms with Gasteiger partial charge in [0.05, 0.1) is 29.5 Å². The van der Waals surface area contributed by atoms with Crippen LogP contribution in [0.5, 0.6) is 5.75 Å². The quantitative estimate of drug-likeness (QED) is 0.639. The summed E-state index contributed by atoms with van der Waals surface area (Å²) in [5.41, 5.74) is 1.03. The third-order valence-electron chi connectivity index (χ3n) is 6.79. The maximum atomic E-state index is 15.0. The predicted octanol–water partition coefficient (Wildman–Crippen LogP) is 2.97. The van der Waals surface area contributed by atoms with Gasteiger partial charge in [0.2, 0.25) is 0 Å². The van der Waals surface area contributed by atoms with Crippen molar-refractivity contribution in [2.24, 2.45) is 0 Å². The standard InChI is InChI=1S/C23H26FN5O3/c1-3-12-11-32-19-9-14(18(30)8-15(19)22(12)31)23-25-10-20(27-28-23)29(2)17-7-13-5-4-6-16(26-13)21(17)24/h8-11,13,16-17,21,26,30H,3-7H2,1-2H3/t13?,16?,17-,21+/m1/s1. The molecule has 2 saturated heterocycles. The van der Waals surface area contributed by atoms with E-state index in [9.17, 15) is 9.90 Å². The number of benzene rings is 1. The van der Waals surface area contributed by atoms with Gasteiger partial charge in [-0.1, -0.05) is 13.3 Å². The topological polar surface area (TPSA) is 104 Å². The summed E-state index contributed by atoms with van der Waals surface area (Å²) in [6.07, 6.45) is 6.21. The maximum absolute atomic E-state index is 15.0. The first-order chi connectivity index (χ1) is 15.5. The fourth-order valence-electron chi connectivity index (χ4n) is 4.90. The molecule has 0 saturated carbocycles. The van der Waals surface area contributed by atoms with Crippen molar-refractivity contribution in [2.75, 3.05) is 11.9 Å². The van der Waals surface area contributed by atoms with E-state index in [-0.39, 0.29) is 29.1 Å². The largest absolute Gasteiger partial charge is 0.507 e. The molecule has 2 aliphatic rings. The molecule has 32 heavy (non-hydrogen) atoms. The van der Waals surface area contributed by atoms with Crippen LogP contribution in [0.1, 0.15) is 38.2 Å². The lowest BCUT2D eigenvalue weighted by atomic mass is 9.82. The Morgan fingerprint density at radius 3 is 2.91 bits per heavy atom. The number of aryl methyl sites for hydroxylation is 1. The molecule has 2 unspecified atom stereocenters. The maximum Gasteiger partial charge on any atom is 0.195 e. The molecule has 2 aliphatic heterocycles. The number of piperidine rings is 2. The third kappa shape index (κ3) is 3.50. The second kappa shape index (κ2) is 8.12. The Labute approximate surface area is 184 Å². The van der Waals surface area contributed by atoms with Crippen molar-refractivity contribution in [3.05, 3.63) is 40.4 Å². The number of rotatable bonds is 4. The highest BCUT2D eigenvalue weighted by Gasteiger charge is 2.42. The van der Waals surface area contributed by atoms with Gasteiger partial charge < -0.3 is 19.7 Å². The summed E-state index contributed by atoms with van der Waals surface area (Å²) in [6.45, 7) is 1.87. The van der Waals surface area contributed by atoms with Gasteiger partial charge in [0.1, 0.15) is 17.5 Å². The summed E-state index contributed by atoms with van der Waals surface area (Å²) in [5, 5.41) is 22.6. The molecule has 0 spiro atoms. The molecule has 9 heteroatoms. The molecule has 2 bridgehead atoms. The van der Waals surface area contributed by atoms with E-state index in [2.05, 4.69) is 20.5 Å². The second-order valence-electron chi connectivity index (χ2n) is 8.71. The highest BCUT2D eigenvalue weighted by Crippen LogP contribution is 2.33. The zero-order valence-corrected chi connectivity index (χ0v) is 18.1. The summed E-state index contributed by atoms with van der Waals surface area (Å²) < 4.78 is 20.6. The molecule has 0 aliphatic carbocycles. The first-order valence-corrected chi connectivity index (χ1v) is 11.1. The minimum atomic E-state index is -0.988. The molecule has 0 radical (unpaired) electrons. The molecule has 2 aromatic heterocycles. The Morgan fingerprint density at radius 1 is 1.31 bits per heavy atom. The number of halogens is 1. The smallest absolute Gasteiger partial charge is 0.195 e. The van der Waals surface area contributed by atoms with E-state index in [0.29, 0.717) is 46.8 Å². The molecular formula is C23H26FN5O3. The molecule has 0 amide bonds. The normalized spacial score (nSPS) is 25.1. The Hall–Kier alpha value is -3.07. The van der Waals surface area contributed by atoms with Crippen molar-refractivity contribution in [2.45, 2.75) is 63.3 Å². The van der Waals surface area contributed by atoms with Crippen LogP contribution in [-0.2, 0) is 6.42 Å². The predicted molar refractivity (Wildman–Crippen MR) is 119 cm³/mol. The fraction of sp³-hybridized carbons (Fsp3) is 0.478. The van der Waals surface area contributed by atoms with Crippen molar-refractivity contribution in [1.82, 2.24) is 20.5 Å². The van der Waals surface area contributed by atoms with Gasteiger partial charge in [-0.15, -0.1) is 10.2 Å². The van der Waals surface area contributed by atoms with E-state index >= 15 is 4.39 Å². The van der Waals surface area contributed by atoms with Crippen LogP contribution in [0.3, 0.4) is 0 Å². The highest BCUT2D eigenvalue weighted by molar-refractivity contribution is 5.85. The summed E-state index contributed by atoms with van der Waals surface area (Å²) in [5.74, 6) is 0.541. The van der Waals surface area contributed by atoms with Crippen molar-refractivity contribution in [3.63, 3.8) is 0 Å². The summed E-state index contributed by atoms with van der Waals surface area (Å²) in [6, 6.07) is 2.83. The highest BCUT2D eigenvalue weighted by atomic mass is 19.1. The van der Waals surface area contributed by atoms with Crippen LogP contribution in [0.2, 0.25) is 0 Å². The molecule has 8 nitrogen and oxygen atoms in total. The van der Waals surface area contributed by atoms with Crippen LogP contribution in [0.25, 0.3) is 22.4 Å². The Balaban J connectivity index is 1.43. The number of hydrogen-bond donors (Lipinski definition) is 2. The number of phenolic OH excluding ortho intramolecular Hbond substituents is 1. The van der Waals surface area contributed by atoms with Gasteiger partial charge in [0.25, 0.3) is 0 Å². The summed E-state index contributed by atoms with van der Waals surface area (Å²) >= 11 is 0. The molecular weight excluding hydrogens is 413 g/mol. The van der Waals surface area contributed by atoms with E-state index in [1.54, 1.807) is 0 Å². The summed E-state index contributed by atoms with van der Waals surface area (Å²) in [7, 11) is 1.82. The van der Waals surface area contributed by atoms with Gasteiger partial charge in [-0.2, -0.15) is 0 Å². The van der Waals surface area contributed by atoms with Crippen LogP contribution in [0, 0.1) is 0 Å². The first-order valence-electron chi connectivity index (χ1n) is 11.1. The zero-order valence-electron chi connectivity index (χ0n) is 18.1. The van der Waals surface area contributed by atoms with Crippen LogP contribution in [0.15, 0.2) is 33.8 Å². The molecule has 1 aromatic carbocycles. The molecule has 4 atom stereocenters. The van der Waals surface area contributed by atoms with Crippen LogP contribution in [0.4, 0.5) is 10.2 Å². The molecule has 2 N–H and O–H groups in total. The van der Waals surface area contributed by atoms with Crippen LogP contribution >= 0.6 is 0 Å². The molecule has 5 rings (SSSR count). The molecule has 3 aromatic rings. The monoisotopic (exact) mass is 439 g/mol. The number of aromatic nitrogens is 3. The molecule has 4 heterocycles. The van der Waals surface area contributed by atoms with Gasteiger partial charge >= 0.3 is 0 Å². The Kier molecular flexibility index (Phi) is 5.28. The third-order valence-corrected chi connectivity index (χ3v) is 6.79. The van der Waals surface area contributed by atoms with Crippen LogP contribution < -0.4 is 15.6 Å². The SMILES string of the molecule is CCc1coc2cc(-c3ncc(N(C)[C@@H]4CC5CCCC(N5)[C@@H]4F)nn3)c(O)cc2c1=O. The van der Waals surface area contributed by atoms with Gasteiger partial charge in [0.15, 0.2) is 17.1 Å². The number of nitrogens with zero attached hydrogens (tertiary/aromatic N) is 4.